The van der Waals surface area contributed by atoms with Gasteiger partial charge in [-0.1, -0.05) is 12.1 Å². The maximum Gasteiger partial charge on any atom is 0.304 e. The van der Waals surface area contributed by atoms with E-state index in [1.54, 1.807) is 0 Å². The Morgan fingerprint density at radius 1 is 0.967 bits per heavy atom. The second-order valence-corrected chi connectivity index (χ2v) is 7.57. The van der Waals surface area contributed by atoms with Crippen molar-refractivity contribution in [3.63, 3.8) is 0 Å². The van der Waals surface area contributed by atoms with Crippen LogP contribution in [0.1, 0.15) is 18.1 Å². The van der Waals surface area contributed by atoms with E-state index in [9.17, 15) is 4.79 Å². The Balaban J connectivity index is 1.32. The maximum absolute atomic E-state index is 10.8. The molecule has 1 atom stereocenters. The topological polar surface area (TPSA) is 71.5 Å². The largest absolute Gasteiger partial charge is 0.481 e. The summed E-state index contributed by atoms with van der Waals surface area (Å²) in [5.41, 5.74) is 2.26. The molecule has 1 N–H and O–H groups in total. The zero-order valence-corrected chi connectivity index (χ0v) is 17.0. The lowest BCUT2D eigenvalue weighted by Crippen LogP contribution is -2.39. The SMILES string of the molecule is O=C(O)CCN1CCOC(c2ccc(Oc3ccc(N4CCOCC4)cc3)cc2)C1. The molecule has 160 valence electrons. The van der Waals surface area contributed by atoms with Crippen molar-refractivity contribution in [3.05, 3.63) is 54.1 Å². The van der Waals surface area contributed by atoms with Gasteiger partial charge < -0.3 is 24.2 Å². The molecule has 1 unspecified atom stereocenters. The number of rotatable bonds is 7. The number of ether oxygens (including phenoxy) is 3. The standard InChI is InChI=1S/C23H28N2O5/c26-23(27)9-10-24-11-16-29-22(17-24)18-1-5-20(6-2-18)30-21-7-3-19(4-8-21)25-12-14-28-15-13-25/h1-8,22H,9-17H2,(H,26,27). The third-order valence-corrected chi connectivity index (χ3v) is 5.49. The molecule has 2 aromatic carbocycles. The van der Waals surface area contributed by atoms with E-state index in [0.29, 0.717) is 19.7 Å². The summed E-state index contributed by atoms with van der Waals surface area (Å²) in [4.78, 5) is 15.3. The van der Waals surface area contributed by atoms with Gasteiger partial charge >= 0.3 is 5.97 Å². The van der Waals surface area contributed by atoms with Crippen LogP contribution in [0, 0.1) is 0 Å². The number of benzene rings is 2. The average Bonchev–Trinajstić information content (AvgIpc) is 2.79. The van der Waals surface area contributed by atoms with Gasteiger partial charge in [0, 0.05) is 38.4 Å². The molecule has 2 saturated heterocycles. The van der Waals surface area contributed by atoms with E-state index in [4.69, 9.17) is 19.3 Å². The predicted molar refractivity (Wildman–Crippen MR) is 113 cm³/mol. The van der Waals surface area contributed by atoms with Crippen LogP contribution >= 0.6 is 0 Å². The normalized spacial score (nSPS) is 20.1. The van der Waals surface area contributed by atoms with E-state index in [1.807, 2.05) is 36.4 Å². The number of hydrogen-bond donors (Lipinski definition) is 1. The highest BCUT2D eigenvalue weighted by Gasteiger charge is 2.22. The third kappa shape index (κ3) is 5.50. The lowest BCUT2D eigenvalue weighted by atomic mass is 10.1. The molecule has 4 rings (SSSR count). The van der Waals surface area contributed by atoms with Gasteiger partial charge in [0.15, 0.2) is 0 Å². The fraction of sp³-hybridized carbons (Fsp3) is 0.435. The molecule has 0 saturated carbocycles. The van der Waals surface area contributed by atoms with Crippen molar-refractivity contribution in [2.45, 2.75) is 12.5 Å². The fourth-order valence-corrected chi connectivity index (χ4v) is 3.79. The van der Waals surface area contributed by atoms with Gasteiger partial charge in [0.2, 0.25) is 0 Å². The van der Waals surface area contributed by atoms with Crippen LogP contribution < -0.4 is 9.64 Å². The third-order valence-electron chi connectivity index (χ3n) is 5.49. The van der Waals surface area contributed by atoms with Crippen LogP contribution in [-0.4, -0.2) is 68.5 Å². The Morgan fingerprint density at radius 3 is 2.30 bits per heavy atom. The molecule has 7 heteroatoms. The molecule has 2 aliphatic rings. The van der Waals surface area contributed by atoms with E-state index >= 15 is 0 Å². The minimum Gasteiger partial charge on any atom is -0.481 e. The Hall–Kier alpha value is -2.61. The van der Waals surface area contributed by atoms with E-state index in [1.165, 1.54) is 5.69 Å². The van der Waals surface area contributed by atoms with Crippen LogP contribution in [0.5, 0.6) is 11.5 Å². The molecule has 2 heterocycles. The first-order valence-corrected chi connectivity index (χ1v) is 10.4. The maximum atomic E-state index is 10.8. The Labute approximate surface area is 176 Å². The van der Waals surface area contributed by atoms with Gasteiger partial charge in [-0.2, -0.15) is 0 Å². The Kier molecular flexibility index (Phi) is 6.84. The molecule has 0 aromatic heterocycles. The van der Waals surface area contributed by atoms with Gasteiger partial charge in [0.1, 0.15) is 11.5 Å². The van der Waals surface area contributed by atoms with Gasteiger partial charge in [-0.25, -0.2) is 0 Å². The number of carboxylic acid groups (broad SMARTS) is 1. The number of anilines is 1. The fourth-order valence-electron chi connectivity index (χ4n) is 3.79. The number of carbonyl (C=O) groups is 1. The van der Waals surface area contributed by atoms with E-state index in [2.05, 4.69) is 21.9 Å². The Morgan fingerprint density at radius 2 is 1.63 bits per heavy atom. The van der Waals surface area contributed by atoms with Crippen LogP contribution in [0.15, 0.2) is 48.5 Å². The first-order chi connectivity index (χ1) is 14.7. The summed E-state index contributed by atoms with van der Waals surface area (Å²) >= 11 is 0. The van der Waals surface area contributed by atoms with Crippen molar-refractivity contribution in [3.8, 4) is 11.5 Å². The lowest BCUT2D eigenvalue weighted by molar-refractivity contribution is -0.137. The zero-order valence-electron chi connectivity index (χ0n) is 17.0. The first-order valence-electron chi connectivity index (χ1n) is 10.4. The molecule has 2 aliphatic heterocycles. The van der Waals surface area contributed by atoms with E-state index in [0.717, 1.165) is 49.9 Å². The number of morpholine rings is 2. The molecule has 0 radical (unpaired) electrons. The summed E-state index contributed by atoms with van der Waals surface area (Å²) in [7, 11) is 0. The summed E-state index contributed by atoms with van der Waals surface area (Å²) in [5, 5.41) is 8.88. The summed E-state index contributed by atoms with van der Waals surface area (Å²) in [5.74, 6) is 0.808. The van der Waals surface area contributed by atoms with Gasteiger partial charge in [-0.15, -0.1) is 0 Å². The average molecular weight is 412 g/mol. The van der Waals surface area contributed by atoms with E-state index < -0.39 is 5.97 Å². The first kappa shape index (κ1) is 20.7. The molecule has 0 bridgehead atoms. The highest BCUT2D eigenvalue weighted by molar-refractivity contribution is 5.66. The molecule has 2 aromatic rings. The van der Waals surface area contributed by atoms with E-state index in [-0.39, 0.29) is 12.5 Å². The molecule has 0 spiro atoms. The van der Waals surface area contributed by atoms with Crippen molar-refractivity contribution >= 4 is 11.7 Å². The zero-order chi connectivity index (χ0) is 20.8. The Bertz CT molecular complexity index is 818. The van der Waals surface area contributed by atoms with Crippen LogP contribution in [0.4, 0.5) is 5.69 Å². The number of carboxylic acids is 1. The molecular formula is C23H28N2O5. The minimum atomic E-state index is -0.766. The smallest absolute Gasteiger partial charge is 0.304 e. The number of nitrogens with zero attached hydrogens (tertiary/aromatic N) is 2. The van der Waals surface area contributed by atoms with Gasteiger partial charge in [-0.3, -0.25) is 9.69 Å². The number of aliphatic carboxylic acids is 1. The van der Waals surface area contributed by atoms with Crippen molar-refractivity contribution in [2.24, 2.45) is 0 Å². The van der Waals surface area contributed by atoms with Crippen LogP contribution in [0.3, 0.4) is 0 Å². The molecule has 0 aliphatic carbocycles. The summed E-state index contributed by atoms with van der Waals surface area (Å²) in [6.45, 7) is 6.01. The monoisotopic (exact) mass is 412 g/mol. The van der Waals surface area contributed by atoms with Gasteiger partial charge in [0.05, 0.1) is 32.3 Å². The highest BCUT2D eigenvalue weighted by Crippen LogP contribution is 2.28. The minimum absolute atomic E-state index is 0.0469. The quantitative estimate of drug-likeness (QED) is 0.749. The molecule has 30 heavy (non-hydrogen) atoms. The summed E-state index contributed by atoms with van der Waals surface area (Å²) in [6.07, 6.45) is 0.110. The summed E-state index contributed by atoms with van der Waals surface area (Å²) in [6, 6.07) is 16.1. The van der Waals surface area contributed by atoms with Crippen LogP contribution in [0.25, 0.3) is 0 Å². The summed E-state index contributed by atoms with van der Waals surface area (Å²) < 4.78 is 17.3. The molecule has 0 amide bonds. The van der Waals surface area contributed by atoms with Crippen molar-refractivity contribution < 1.29 is 24.1 Å². The molecule has 2 fully saturated rings. The highest BCUT2D eigenvalue weighted by atomic mass is 16.5. The van der Waals surface area contributed by atoms with Crippen molar-refractivity contribution in [2.75, 3.05) is 57.4 Å². The second-order valence-electron chi connectivity index (χ2n) is 7.57. The predicted octanol–water partition coefficient (Wildman–Crippen LogP) is 3.16. The van der Waals surface area contributed by atoms with Crippen LogP contribution in [0.2, 0.25) is 0 Å². The van der Waals surface area contributed by atoms with Gasteiger partial charge in [0.25, 0.3) is 0 Å². The molecule has 7 nitrogen and oxygen atoms in total. The van der Waals surface area contributed by atoms with Gasteiger partial charge in [-0.05, 0) is 42.0 Å². The lowest BCUT2D eigenvalue weighted by Gasteiger charge is -2.32. The molecular weight excluding hydrogens is 384 g/mol. The van der Waals surface area contributed by atoms with Crippen LogP contribution in [-0.2, 0) is 14.3 Å². The van der Waals surface area contributed by atoms with Crippen molar-refractivity contribution in [1.82, 2.24) is 4.90 Å². The second kappa shape index (κ2) is 9.93. The number of hydrogen-bond acceptors (Lipinski definition) is 6. The van der Waals surface area contributed by atoms with Crippen molar-refractivity contribution in [1.29, 1.82) is 0 Å².